The number of halogens is 2. The normalized spacial score (nSPS) is 14.4. The molecule has 0 unspecified atom stereocenters. The minimum absolute atomic E-state index is 0.0280. The third-order valence-electron chi connectivity index (χ3n) is 4.43. The van der Waals surface area contributed by atoms with Crippen molar-refractivity contribution in [1.82, 2.24) is 19.8 Å². The molecule has 3 aromatic rings. The average molecular weight is 388 g/mol. The highest BCUT2D eigenvalue weighted by Gasteiger charge is 2.16. The average Bonchev–Trinajstić information content (AvgIpc) is 3.12. The highest BCUT2D eigenvalue weighted by atomic mass is 19.1. The van der Waals surface area contributed by atoms with Crippen LogP contribution in [0.2, 0.25) is 0 Å². The second-order valence-electron chi connectivity index (χ2n) is 6.35. The van der Waals surface area contributed by atoms with Crippen LogP contribution in [0.3, 0.4) is 0 Å². The Labute approximate surface area is 159 Å². The molecule has 1 N–H and O–H groups in total. The van der Waals surface area contributed by atoms with Crippen molar-refractivity contribution in [2.45, 2.75) is 12.8 Å². The molecule has 0 atom stereocenters. The molecule has 0 saturated carbocycles. The first-order chi connectivity index (χ1) is 13.6. The van der Waals surface area contributed by atoms with Gasteiger partial charge in [-0.15, -0.1) is 15.3 Å². The summed E-state index contributed by atoms with van der Waals surface area (Å²) in [5.41, 5.74) is 0.382. The highest BCUT2D eigenvalue weighted by molar-refractivity contribution is 5.90. The molecule has 0 spiro atoms. The smallest absolute Gasteiger partial charge is 0.224 e. The quantitative estimate of drug-likeness (QED) is 0.718. The van der Waals surface area contributed by atoms with E-state index in [1.807, 2.05) is 12.1 Å². The summed E-state index contributed by atoms with van der Waals surface area (Å²) in [4.78, 5) is 14.2. The molecule has 2 aromatic heterocycles. The van der Waals surface area contributed by atoms with Crippen LogP contribution in [0.5, 0.6) is 0 Å². The first kappa shape index (κ1) is 18.2. The maximum atomic E-state index is 13.6. The van der Waals surface area contributed by atoms with Crippen LogP contribution in [-0.4, -0.2) is 52.0 Å². The fourth-order valence-corrected chi connectivity index (χ4v) is 2.97. The maximum Gasteiger partial charge on any atom is 0.224 e. The molecular formula is C18H18F2N6O2. The molecule has 1 aromatic carbocycles. The number of fused-ring (bicyclic) bond motifs is 1. The molecule has 1 aliphatic heterocycles. The first-order valence-corrected chi connectivity index (χ1v) is 8.89. The highest BCUT2D eigenvalue weighted by Crippen LogP contribution is 2.17. The van der Waals surface area contributed by atoms with E-state index < -0.39 is 17.5 Å². The van der Waals surface area contributed by atoms with Crippen LogP contribution in [0, 0.1) is 11.6 Å². The lowest BCUT2D eigenvalue weighted by Crippen LogP contribution is -2.37. The summed E-state index contributed by atoms with van der Waals surface area (Å²) >= 11 is 0. The zero-order valence-electron chi connectivity index (χ0n) is 14.9. The SMILES string of the molecule is O=C(CCc1nnc2ccc(N3CCOCC3)nn12)Nc1cc(F)ccc1F. The Morgan fingerprint density at radius 3 is 2.79 bits per heavy atom. The number of aryl methyl sites for hydroxylation is 1. The van der Waals surface area contributed by atoms with Crippen LogP contribution in [0.15, 0.2) is 30.3 Å². The Bertz CT molecular complexity index is 1000. The molecule has 28 heavy (non-hydrogen) atoms. The van der Waals surface area contributed by atoms with Crippen LogP contribution < -0.4 is 10.2 Å². The number of carbonyl (C=O) groups is 1. The van der Waals surface area contributed by atoms with E-state index in [-0.39, 0.29) is 18.5 Å². The van der Waals surface area contributed by atoms with Crippen molar-refractivity contribution in [2.24, 2.45) is 0 Å². The van der Waals surface area contributed by atoms with Crippen molar-refractivity contribution in [3.8, 4) is 0 Å². The number of nitrogens with zero attached hydrogens (tertiary/aromatic N) is 5. The maximum absolute atomic E-state index is 13.6. The molecule has 10 heteroatoms. The fourth-order valence-electron chi connectivity index (χ4n) is 2.97. The third-order valence-corrected chi connectivity index (χ3v) is 4.43. The summed E-state index contributed by atoms with van der Waals surface area (Å²) < 4.78 is 33.8. The molecule has 8 nitrogen and oxygen atoms in total. The molecular weight excluding hydrogens is 370 g/mol. The van der Waals surface area contributed by atoms with Crippen LogP contribution in [0.25, 0.3) is 5.65 Å². The van der Waals surface area contributed by atoms with Gasteiger partial charge in [0.05, 0.1) is 18.9 Å². The predicted molar refractivity (Wildman–Crippen MR) is 97.1 cm³/mol. The Morgan fingerprint density at radius 2 is 1.96 bits per heavy atom. The lowest BCUT2D eigenvalue weighted by Gasteiger charge is -2.27. The van der Waals surface area contributed by atoms with E-state index in [4.69, 9.17) is 4.74 Å². The number of benzene rings is 1. The van der Waals surface area contributed by atoms with Crippen molar-refractivity contribution in [2.75, 3.05) is 36.5 Å². The summed E-state index contributed by atoms with van der Waals surface area (Å²) in [7, 11) is 0. The molecule has 4 rings (SSSR count). The van der Waals surface area contributed by atoms with Crippen LogP contribution in [0.4, 0.5) is 20.3 Å². The second-order valence-corrected chi connectivity index (χ2v) is 6.35. The molecule has 1 fully saturated rings. The van der Waals surface area contributed by atoms with Gasteiger partial charge in [-0.05, 0) is 24.3 Å². The van der Waals surface area contributed by atoms with Gasteiger partial charge in [0.2, 0.25) is 5.91 Å². The van der Waals surface area contributed by atoms with Crippen molar-refractivity contribution in [3.05, 3.63) is 47.8 Å². The molecule has 1 amide bonds. The Balaban J connectivity index is 1.45. The van der Waals surface area contributed by atoms with Crippen molar-refractivity contribution >= 4 is 23.1 Å². The summed E-state index contributed by atoms with van der Waals surface area (Å²) in [6.45, 7) is 2.78. The molecule has 1 saturated heterocycles. The summed E-state index contributed by atoms with van der Waals surface area (Å²) in [6, 6.07) is 6.59. The lowest BCUT2D eigenvalue weighted by molar-refractivity contribution is -0.116. The van der Waals surface area contributed by atoms with Gasteiger partial charge in [0.25, 0.3) is 0 Å². The van der Waals surface area contributed by atoms with E-state index in [0.29, 0.717) is 24.7 Å². The van der Waals surface area contributed by atoms with E-state index in [2.05, 4.69) is 25.5 Å². The van der Waals surface area contributed by atoms with E-state index >= 15 is 0 Å². The van der Waals surface area contributed by atoms with Gasteiger partial charge >= 0.3 is 0 Å². The van der Waals surface area contributed by atoms with Crippen LogP contribution >= 0.6 is 0 Å². The van der Waals surface area contributed by atoms with Gasteiger partial charge in [-0.25, -0.2) is 8.78 Å². The second kappa shape index (κ2) is 7.85. The van der Waals surface area contributed by atoms with E-state index in [1.54, 1.807) is 4.52 Å². The fraction of sp³-hybridized carbons (Fsp3) is 0.333. The summed E-state index contributed by atoms with van der Waals surface area (Å²) in [6.07, 6.45) is 0.281. The molecule has 0 aliphatic carbocycles. The monoisotopic (exact) mass is 388 g/mol. The number of nitrogens with one attached hydrogen (secondary N) is 1. The Kier molecular flexibility index (Phi) is 5.11. The number of ether oxygens (including phenoxy) is 1. The molecule has 3 heterocycles. The minimum Gasteiger partial charge on any atom is -0.378 e. The van der Waals surface area contributed by atoms with Gasteiger partial charge in [0.15, 0.2) is 11.5 Å². The summed E-state index contributed by atoms with van der Waals surface area (Å²) in [5, 5.41) is 15.1. The molecule has 146 valence electrons. The largest absolute Gasteiger partial charge is 0.378 e. The van der Waals surface area contributed by atoms with Gasteiger partial charge in [-0.1, -0.05) is 0 Å². The topological polar surface area (TPSA) is 84.7 Å². The number of rotatable bonds is 5. The number of amides is 1. The van der Waals surface area contributed by atoms with Crippen LogP contribution in [-0.2, 0) is 16.0 Å². The van der Waals surface area contributed by atoms with Crippen molar-refractivity contribution < 1.29 is 18.3 Å². The summed E-state index contributed by atoms with van der Waals surface area (Å²) in [5.74, 6) is -0.479. The van der Waals surface area contributed by atoms with Crippen molar-refractivity contribution in [1.29, 1.82) is 0 Å². The minimum atomic E-state index is -0.695. The van der Waals surface area contributed by atoms with Gasteiger partial charge in [-0.2, -0.15) is 4.52 Å². The number of carbonyl (C=O) groups excluding carboxylic acids is 1. The number of hydrogen-bond acceptors (Lipinski definition) is 6. The van der Waals surface area contributed by atoms with Gasteiger partial charge in [-0.3, -0.25) is 4.79 Å². The Morgan fingerprint density at radius 1 is 1.14 bits per heavy atom. The van der Waals surface area contributed by atoms with Gasteiger partial charge in [0, 0.05) is 32.0 Å². The van der Waals surface area contributed by atoms with E-state index in [1.165, 1.54) is 0 Å². The predicted octanol–water partition coefficient (Wildman–Crippen LogP) is 1.81. The number of anilines is 2. The zero-order chi connectivity index (χ0) is 19.5. The van der Waals surface area contributed by atoms with Crippen molar-refractivity contribution in [3.63, 3.8) is 0 Å². The number of hydrogen-bond donors (Lipinski definition) is 1. The molecule has 0 radical (unpaired) electrons. The standard InChI is InChI=1S/C18H18F2N6O2/c19-12-1-2-13(20)14(11-12)21-18(27)6-5-16-23-22-15-3-4-17(24-26(15)16)25-7-9-28-10-8-25/h1-4,11H,5-10H2,(H,21,27). The molecule has 0 bridgehead atoms. The zero-order valence-corrected chi connectivity index (χ0v) is 14.9. The first-order valence-electron chi connectivity index (χ1n) is 8.89. The molecule has 1 aliphatic rings. The van der Waals surface area contributed by atoms with E-state index in [9.17, 15) is 13.6 Å². The van der Waals surface area contributed by atoms with Crippen LogP contribution in [0.1, 0.15) is 12.2 Å². The number of morpholine rings is 1. The van der Waals surface area contributed by atoms with Gasteiger partial charge < -0.3 is 15.0 Å². The number of aromatic nitrogens is 4. The Hall–Kier alpha value is -3.14. The van der Waals surface area contributed by atoms with E-state index in [0.717, 1.165) is 37.1 Å². The van der Waals surface area contributed by atoms with Gasteiger partial charge in [0.1, 0.15) is 17.5 Å². The lowest BCUT2D eigenvalue weighted by atomic mass is 10.2. The third kappa shape index (κ3) is 3.91.